The molecular weight excluding hydrogens is 258 g/mol. The number of rotatable bonds is 5. The lowest BCUT2D eigenvalue weighted by atomic mass is 10.1. The van der Waals surface area contributed by atoms with Gasteiger partial charge >= 0.3 is 5.97 Å². The van der Waals surface area contributed by atoms with Crippen LogP contribution in [0.15, 0.2) is 6.07 Å². The zero-order valence-corrected chi connectivity index (χ0v) is 10.4. The Hall–Kier alpha value is -2.23. The van der Waals surface area contributed by atoms with Gasteiger partial charge in [0.15, 0.2) is 0 Å². The Balaban J connectivity index is 3.23. The average Bonchev–Trinajstić information content (AvgIpc) is 2.37. The van der Waals surface area contributed by atoms with E-state index in [1.165, 1.54) is 7.11 Å². The number of nitrogens with zero attached hydrogens (tertiary/aromatic N) is 2. The van der Waals surface area contributed by atoms with Crippen LogP contribution in [0, 0.1) is 11.3 Å². The van der Waals surface area contributed by atoms with Crippen LogP contribution in [0.3, 0.4) is 0 Å². The maximum absolute atomic E-state index is 12.7. The summed E-state index contributed by atoms with van der Waals surface area (Å²) in [6.07, 6.45) is -3.10. The first kappa shape index (κ1) is 14.8. The van der Waals surface area contributed by atoms with Gasteiger partial charge in [0.1, 0.15) is 17.3 Å². The summed E-state index contributed by atoms with van der Waals surface area (Å²) in [6, 6.07) is 2.81. The van der Waals surface area contributed by atoms with Gasteiger partial charge in [0.05, 0.1) is 20.1 Å². The van der Waals surface area contributed by atoms with E-state index >= 15 is 0 Å². The van der Waals surface area contributed by atoms with Crippen molar-refractivity contribution in [3.8, 4) is 11.9 Å². The monoisotopic (exact) mass is 270 g/mol. The summed E-state index contributed by atoms with van der Waals surface area (Å²) in [4.78, 5) is 14.9. The fraction of sp³-hybridized carbons (Fsp3) is 0.417. The number of carbonyl (C=O) groups is 1. The first-order valence-electron chi connectivity index (χ1n) is 5.45. The molecule has 0 aliphatic rings. The molecule has 1 aromatic heterocycles. The van der Waals surface area contributed by atoms with Gasteiger partial charge < -0.3 is 9.47 Å². The number of hydrogen-bond donors (Lipinski definition) is 0. The molecule has 7 heteroatoms. The molecule has 0 amide bonds. The van der Waals surface area contributed by atoms with E-state index < -0.39 is 18.1 Å². The molecule has 0 radical (unpaired) electrons. The van der Waals surface area contributed by atoms with Gasteiger partial charge in [-0.1, -0.05) is 0 Å². The van der Waals surface area contributed by atoms with Crippen molar-refractivity contribution in [1.82, 2.24) is 4.98 Å². The topological polar surface area (TPSA) is 72.2 Å². The molecule has 5 nitrogen and oxygen atoms in total. The minimum absolute atomic E-state index is 0.0417. The number of pyridine rings is 1. The number of aromatic nitrogens is 1. The quantitative estimate of drug-likeness (QED) is 0.765. The van der Waals surface area contributed by atoms with Gasteiger partial charge in [0.2, 0.25) is 5.88 Å². The van der Waals surface area contributed by atoms with Crippen molar-refractivity contribution in [2.45, 2.75) is 19.8 Å². The van der Waals surface area contributed by atoms with Gasteiger partial charge in [0, 0.05) is 0 Å². The van der Waals surface area contributed by atoms with Crippen LogP contribution in [-0.4, -0.2) is 24.7 Å². The average molecular weight is 270 g/mol. The van der Waals surface area contributed by atoms with E-state index in [0.29, 0.717) is 0 Å². The van der Waals surface area contributed by atoms with Crippen LogP contribution >= 0.6 is 0 Å². The lowest BCUT2D eigenvalue weighted by Crippen LogP contribution is -2.11. The van der Waals surface area contributed by atoms with Gasteiger partial charge in [-0.3, -0.25) is 4.79 Å². The molecule has 1 rings (SSSR count). The van der Waals surface area contributed by atoms with Gasteiger partial charge in [-0.2, -0.15) is 5.26 Å². The van der Waals surface area contributed by atoms with E-state index in [1.54, 1.807) is 13.0 Å². The van der Waals surface area contributed by atoms with Crippen LogP contribution in [0.25, 0.3) is 0 Å². The zero-order valence-electron chi connectivity index (χ0n) is 10.4. The van der Waals surface area contributed by atoms with E-state index in [1.807, 2.05) is 0 Å². The molecule has 0 unspecified atom stereocenters. The second kappa shape index (κ2) is 6.64. The van der Waals surface area contributed by atoms with E-state index in [4.69, 9.17) is 14.7 Å². The summed E-state index contributed by atoms with van der Waals surface area (Å²) in [7, 11) is 1.21. The molecule has 1 heterocycles. The third-order valence-electron chi connectivity index (χ3n) is 2.26. The fourth-order valence-corrected chi connectivity index (χ4v) is 1.48. The Morgan fingerprint density at radius 1 is 1.58 bits per heavy atom. The molecule has 0 saturated carbocycles. The SMILES string of the molecule is CCOC(=O)Cc1cc(C(F)F)nc(OC)c1C#N. The molecule has 1 aromatic rings. The molecular formula is C12H12F2N2O3. The third kappa shape index (κ3) is 3.61. The number of halogens is 2. The van der Waals surface area contributed by atoms with Gasteiger partial charge in [-0.05, 0) is 18.6 Å². The van der Waals surface area contributed by atoms with Crippen LogP contribution < -0.4 is 4.74 Å². The molecule has 0 saturated heterocycles. The summed E-state index contributed by atoms with van der Waals surface area (Å²) < 4.78 is 34.8. The van der Waals surface area contributed by atoms with Crippen molar-refractivity contribution >= 4 is 5.97 Å². The van der Waals surface area contributed by atoms with Crippen molar-refractivity contribution in [3.05, 3.63) is 22.9 Å². The van der Waals surface area contributed by atoms with Crippen LogP contribution in [-0.2, 0) is 16.0 Å². The smallest absolute Gasteiger partial charge is 0.310 e. The van der Waals surface area contributed by atoms with Crippen molar-refractivity contribution in [2.24, 2.45) is 0 Å². The Bertz CT molecular complexity index is 512. The maximum atomic E-state index is 12.7. The maximum Gasteiger partial charge on any atom is 0.310 e. The summed E-state index contributed by atoms with van der Waals surface area (Å²) in [5.74, 6) is -0.827. The minimum Gasteiger partial charge on any atom is -0.480 e. The standard InChI is InChI=1S/C12H12F2N2O3/c1-3-19-10(17)5-7-4-9(11(13)14)16-12(18-2)8(7)6-15/h4,11H,3,5H2,1-2H3. The van der Waals surface area contributed by atoms with Crippen molar-refractivity contribution in [3.63, 3.8) is 0 Å². The highest BCUT2D eigenvalue weighted by molar-refractivity contribution is 5.74. The molecule has 0 aromatic carbocycles. The van der Waals surface area contributed by atoms with E-state index in [2.05, 4.69) is 4.98 Å². The Morgan fingerprint density at radius 2 is 2.26 bits per heavy atom. The summed E-state index contributed by atoms with van der Waals surface area (Å²) in [5, 5.41) is 8.99. The normalized spacial score (nSPS) is 10.1. The van der Waals surface area contributed by atoms with E-state index in [0.717, 1.165) is 6.07 Å². The van der Waals surface area contributed by atoms with Crippen molar-refractivity contribution in [1.29, 1.82) is 5.26 Å². The van der Waals surface area contributed by atoms with Crippen molar-refractivity contribution in [2.75, 3.05) is 13.7 Å². The highest BCUT2D eigenvalue weighted by Crippen LogP contribution is 2.26. The molecule has 0 aliphatic heterocycles. The summed E-state index contributed by atoms with van der Waals surface area (Å²) in [6.45, 7) is 1.80. The number of methoxy groups -OCH3 is 1. The highest BCUT2D eigenvalue weighted by atomic mass is 19.3. The summed E-state index contributed by atoms with van der Waals surface area (Å²) in [5.41, 5.74) is -0.474. The zero-order chi connectivity index (χ0) is 14.4. The predicted octanol–water partition coefficient (Wildman–Crippen LogP) is 2.01. The third-order valence-corrected chi connectivity index (χ3v) is 2.26. The predicted molar refractivity (Wildman–Crippen MR) is 60.8 cm³/mol. The van der Waals surface area contributed by atoms with Gasteiger partial charge in [-0.25, -0.2) is 13.8 Å². The molecule has 0 atom stereocenters. The van der Waals surface area contributed by atoms with Crippen LogP contribution in [0.1, 0.15) is 30.2 Å². The first-order chi connectivity index (χ1) is 9.03. The number of nitriles is 1. The Kier molecular flexibility index (Phi) is 5.18. The lowest BCUT2D eigenvalue weighted by molar-refractivity contribution is -0.142. The van der Waals surface area contributed by atoms with Crippen LogP contribution in [0.2, 0.25) is 0 Å². The fourth-order valence-electron chi connectivity index (χ4n) is 1.48. The van der Waals surface area contributed by atoms with Gasteiger partial charge in [0.25, 0.3) is 6.43 Å². The molecule has 0 spiro atoms. The van der Waals surface area contributed by atoms with Crippen LogP contribution in [0.5, 0.6) is 5.88 Å². The van der Waals surface area contributed by atoms with E-state index in [-0.39, 0.29) is 30.0 Å². The second-order valence-electron chi connectivity index (χ2n) is 3.48. The molecule has 0 N–H and O–H groups in total. The molecule has 0 bridgehead atoms. The highest BCUT2D eigenvalue weighted by Gasteiger charge is 2.20. The minimum atomic E-state index is -2.82. The first-order valence-corrected chi connectivity index (χ1v) is 5.45. The Labute approximate surface area is 108 Å². The van der Waals surface area contributed by atoms with Crippen LogP contribution in [0.4, 0.5) is 8.78 Å². The molecule has 0 fully saturated rings. The number of carbonyl (C=O) groups excluding carboxylic acids is 1. The Morgan fingerprint density at radius 3 is 2.74 bits per heavy atom. The number of esters is 1. The van der Waals surface area contributed by atoms with Crippen molar-refractivity contribution < 1.29 is 23.0 Å². The second-order valence-corrected chi connectivity index (χ2v) is 3.48. The van der Waals surface area contributed by atoms with E-state index in [9.17, 15) is 13.6 Å². The number of alkyl halides is 2. The molecule has 0 aliphatic carbocycles. The number of hydrogen-bond acceptors (Lipinski definition) is 5. The molecule has 19 heavy (non-hydrogen) atoms. The van der Waals surface area contributed by atoms with Gasteiger partial charge in [-0.15, -0.1) is 0 Å². The number of ether oxygens (including phenoxy) is 2. The summed E-state index contributed by atoms with van der Waals surface area (Å²) >= 11 is 0. The lowest BCUT2D eigenvalue weighted by Gasteiger charge is -2.10. The molecule has 102 valence electrons. The largest absolute Gasteiger partial charge is 0.480 e.